The molecule has 0 heterocycles. The molecule has 0 bridgehead atoms. The predicted octanol–water partition coefficient (Wildman–Crippen LogP) is 1.43. The minimum absolute atomic E-state index is 0.213. The van der Waals surface area contributed by atoms with Gasteiger partial charge in [0.1, 0.15) is 0 Å². The van der Waals surface area contributed by atoms with E-state index in [0.29, 0.717) is 31.1 Å². The highest BCUT2D eigenvalue weighted by Crippen LogP contribution is 2.38. The Balaban J connectivity index is 1.91. The molecular formula is C15H19NO5. The molecule has 1 amide bonds. The van der Waals surface area contributed by atoms with Gasteiger partial charge in [-0.1, -0.05) is 6.07 Å². The molecule has 0 saturated heterocycles. The predicted molar refractivity (Wildman–Crippen MR) is 75.2 cm³/mol. The van der Waals surface area contributed by atoms with Gasteiger partial charge in [0.2, 0.25) is 5.91 Å². The number of amides is 1. The van der Waals surface area contributed by atoms with Crippen LogP contribution in [-0.4, -0.2) is 30.7 Å². The molecule has 1 aliphatic carbocycles. The van der Waals surface area contributed by atoms with Crippen LogP contribution in [0, 0.1) is 11.8 Å². The zero-order chi connectivity index (χ0) is 15.4. The number of hydrogen-bond acceptors (Lipinski definition) is 4. The molecule has 114 valence electrons. The first kappa shape index (κ1) is 15.2. The van der Waals surface area contributed by atoms with Crippen LogP contribution < -0.4 is 14.8 Å². The summed E-state index contributed by atoms with van der Waals surface area (Å²) in [5.41, 5.74) is 0.871. The van der Waals surface area contributed by atoms with Crippen molar-refractivity contribution < 1.29 is 24.2 Å². The lowest BCUT2D eigenvalue weighted by atomic mass is 10.2. The summed E-state index contributed by atoms with van der Waals surface area (Å²) in [6, 6.07) is 5.43. The average molecular weight is 293 g/mol. The molecule has 0 unspecified atom stereocenters. The maximum atomic E-state index is 11.8. The Morgan fingerprint density at radius 2 is 2.10 bits per heavy atom. The molecule has 0 radical (unpaired) electrons. The first-order valence-corrected chi connectivity index (χ1v) is 6.87. The molecule has 1 saturated carbocycles. The lowest BCUT2D eigenvalue weighted by Crippen LogP contribution is -2.25. The van der Waals surface area contributed by atoms with E-state index in [0.717, 1.165) is 5.56 Å². The van der Waals surface area contributed by atoms with Crippen LogP contribution in [0.3, 0.4) is 0 Å². The van der Waals surface area contributed by atoms with Crippen molar-refractivity contribution in [3.05, 3.63) is 23.8 Å². The molecule has 2 rings (SSSR count). The molecule has 0 spiro atoms. The van der Waals surface area contributed by atoms with Gasteiger partial charge < -0.3 is 19.9 Å². The van der Waals surface area contributed by atoms with Crippen molar-refractivity contribution in [1.29, 1.82) is 0 Å². The normalized spacial score (nSPS) is 19.7. The van der Waals surface area contributed by atoms with Crippen molar-refractivity contribution in [2.24, 2.45) is 11.8 Å². The van der Waals surface area contributed by atoms with Crippen molar-refractivity contribution in [3.8, 4) is 11.5 Å². The number of carboxylic acid groups (broad SMARTS) is 1. The Bertz CT molecular complexity index is 543. The van der Waals surface area contributed by atoms with Gasteiger partial charge in [0.05, 0.1) is 25.6 Å². The first-order chi connectivity index (χ1) is 10.1. The van der Waals surface area contributed by atoms with E-state index in [-0.39, 0.29) is 5.91 Å². The number of carboxylic acids is 1. The molecule has 1 fully saturated rings. The molecular weight excluding hydrogens is 274 g/mol. The quantitative estimate of drug-likeness (QED) is 0.794. The maximum absolute atomic E-state index is 11.8. The standard InChI is InChI=1S/C15H19NO5/c1-3-21-12-5-4-9(6-13(12)20-2)8-16-14(17)10-7-11(10)15(18)19/h4-6,10-11H,3,7-8H2,1-2H3,(H,16,17)(H,18,19)/t10-,11+/m0/s1. The number of rotatable bonds is 7. The maximum Gasteiger partial charge on any atom is 0.307 e. The number of nitrogens with one attached hydrogen (secondary N) is 1. The van der Waals surface area contributed by atoms with E-state index in [1.807, 2.05) is 13.0 Å². The highest BCUT2D eigenvalue weighted by atomic mass is 16.5. The van der Waals surface area contributed by atoms with Crippen LogP contribution in [0.25, 0.3) is 0 Å². The van der Waals surface area contributed by atoms with Gasteiger partial charge in [0.15, 0.2) is 11.5 Å². The van der Waals surface area contributed by atoms with Crippen molar-refractivity contribution in [3.63, 3.8) is 0 Å². The van der Waals surface area contributed by atoms with Gasteiger partial charge in [-0.2, -0.15) is 0 Å². The van der Waals surface area contributed by atoms with Gasteiger partial charge in [-0.25, -0.2) is 0 Å². The van der Waals surface area contributed by atoms with Gasteiger partial charge >= 0.3 is 5.97 Å². The number of ether oxygens (including phenoxy) is 2. The molecule has 2 atom stereocenters. The smallest absolute Gasteiger partial charge is 0.307 e. The third-order valence-corrected chi connectivity index (χ3v) is 3.44. The third-order valence-electron chi connectivity index (χ3n) is 3.44. The molecule has 1 aromatic carbocycles. The molecule has 21 heavy (non-hydrogen) atoms. The van der Waals surface area contributed by atoms with E-state index in [2.05, 4.69) is 5.32 Å². The summed E-state index contributed by atoms with van der Waals surface area (Å²) < 4.78 is 10.7. The van der Waals surface area contributed by atoms with Crippen molar-refractivity contribution in [2.45, 2.75) is 19.9 Å². The Morgan fingerprint density at radius 1 is 1.33 bits per heavy atom. The summed E-state index contributed by atoms with van der Waals surface area (Å²) >= 11 is 0. The fraction of sp³-hybridized carbons (Fsp3) is 0.467. The fourth-order valence-electron chi connectivity index (χ4n) is 2.17. The third kappa shape index (κ3) is 3.65. The Labute approximate surface area is 123 Å². The zero-order valence-corrected chi connectivity index (χ0v) is 12.1. The van der Waals surface area contributed by atoms with E-state index < -0.39 is 17.8 Å². The van der Waals surface area contributed by atoms with Crippen molar-refractivity contribution in [1.82, 2.24) is 5.32 Å². The van der Waals surface area contributed by atoms with Gasteiger partial charge in [0, 0.05) is 6.54 Å². The topological polar surface area (TPSA) is 84.9 Å². The summed E-state index contributed by atoms with van der Waals surface area (Å²) in [5.74, 6) is -0.776. The lowest BCUT2D eigenvalue weighted by Gasteiger charge is -2.11. The molecule has 6 heteroatoms. The lowest BCUT2D eigenvalue weighted by molar-refractivity contribution is -0.140. The molecule has 1 aromatic rings. The number of carbonyl (C=O) groups is 2. The Morgan fingerprint density at radius 3 is 2.67 bits per heavy atom. The second-order valence-electron chi connectivity index (χ2n) is 4.92. The second-order valence-corrected chi connectivity index (χ2v) is 4.92. The highest BCUT2D eigenvalue weighted by molar-refractivity contribution is 5.89. The Kier molecular flexibility index (Phi) is 4.67. The molecule has 0 aliphatic heterocycles. The molecule has 2 N–H and O–H groups in total. The van der Waals surface area contributed by atoms with Crippen molar-refractivity contribution in [2.75, 3.05) is 13.7 Å². The van der Waals surface area contributed by atoms with E-state index in [1.165, 1.54) is 0 Å². The molecule has 1 aliphatic rings. The van der Waals surface area contributed by atoms with Crippen LogP contribution in [0.5, 0.6) is 11.5 Å². The zero-order valence-electron chi connectivity index (χ0n) is 12.1. The van der Waals surface area contributed by atoms with Crippen LogP contribution in [0.15, 0.2) is 18.2 Å². The monoisotopic (exact) mass is 293 g/mol. The number of benzene rings is 1. The van der Waals surface area contributed by atoms with E-state index >= 15 is 0 Å². The Hall–Kier alpha value is -2.24. The number of hydrogen-bond donors (Lipinski definition) is 2. The van der Waals surface area contributed by atoms with Gasteiger partial charge in [-0.15, -0.1) is 0 Å². The second kappa shape index (κ2) is 6.47. The summed E-state index contributed by atoms with van der Waals surface area (Å²) in [6.07, 6.45) is 0.424. The fourth-order valence-corrected chi connectivity index (χ4v) is 2.17. The summed E-state index contributed by atoms with van der Waals surface area (Å²) in [6.45, 7) is 2.78. The van der Waals surface area contributed by atoms with E-state index in [1.54, 1.807) is 19.2 Å². The largest absolute Gasteiger partial charge is 0.493 e. The highest BCUT2D eigenvalue weighted by Gasteiger charge is 2.48. The number of carbonyl (C=O) groups excluding carboxylic acids is 1. The minimum atomic E-state index is -0.905. The van der Waals surface area contributed by atoms with Crippen LogP contribution >= 0.6 is 0 Å². The van der Waals surface area contributed by atoms with E-state index in [9.17, 15) is 9.59 Å². The first-order valence-electron chi connectivity index (χ1n) is 6.87. The molecule has 6 nitrogen and oxygen atoms in total. The van der Waals surface area contributed by atoms with Crippen molar-refractivity contribution >= 4 is 11.9 Å². The summed E-state index contributed by atoms with van der Waals surface area (Å²) in [4.78, 5) is 22.5. The average Bonchev–Trinajstić information content (AvgIpc) is 3.26. The number of methoxy groups -OCH3 is 1. The van der Waals surface area contributed by atoms with Crippen LogP contribution in [-0.2, 0) is 16.1 Å². The van der Waals surface area contributed by atoms with Crippen LogP contribution in [0.2, 0.25) is 0 Å². The summed E-state index contributed by atoms with van der Waals surface area (Å²) in [7, 11) is 1.56. The van der Waals surface area contributed by atoms with Gasteiger partial charge in [-0.05, 0) is 31.0 Å². The summed E-state index contributed by atoms with van der Waals surface area (Å²) in [5, 5.41) is 11.5. The van der Waals surface area contributed by atoms with Gasteiger partial charge in [-0.3, -0.25) is 9.59 Å². The molecule has 0 aromatic heterocycles. The van der Waals surface area contributed by atoms with Crippen LogP contribution in [0.1, 0.15) is 18.9 Å². The number of aliphatic carboxylic acids is 1. The SMILES string of the molecule is CCOc1ccc(CNC(=O)[C@H]2C[C@H]2C(=O)O)cc1OC. The van der Waals surface area contributed by atoms with Gasteiger partial charge in [0.25, 0.3) is 0 Å². The minimum Gasteiger partial charge on any atom is -0.493 e. The van der Waals surface area contributed by atoms with E-state index in [4.69, 9.17) is 14.6 Å². The van der Waals surface area contributed by atoms with Crippen LogP contribution in [0.4, 0.5) is 0 Å².